The van der Waals surface area contributed by atoms with Crippen molar-refractivity contribution in [1.29, 1.82) is 0 Å². The maximum absolute atomic E-state index is 12.4. The van der Waals surface area contributed by atoms with Gasteiger partial charge in [-0.15, -0.1) is 0 Å². The van der Waals surface area contributed by atoms with E-state index in [0.717, 1.165) is 18.2 Å². The summed E-state index contributed by atoms with van der Waals surface area (Å²) in [5.41, 5.74) is 11.3. The highest BCUT2D eigenvalue weighted by Crippen LogP contribution is 2.36. The monoisotopic (exact) mass is 280 g/mol. The molecule has 7 heteroatoms. The minimum atomic E-state index is -4.06. The second-order valence-electron chi connectivity index (χ2n) is 3.92. The van der Waals surface area contributed by atoms with Crippen LogP contribution in [0.3, 0.4) is 0 Å². The van der Waals surface area contributed by atoms with Gasteiger partial charge in [0, 0.05) is 6.07 Å². The molecule has 0 aromatic heterocycles. The fraction of sp³-hybridized carbons (Fsp3) is 0. The van der Waals surface area contributed by atoms with Gasteiger partial charge in [0.1, 0.15) is 21.3 Å². The van der Waals surface area contributed by atoms with Crippen molar-refractivity contribution in [3.63, 3.8) is 0 Å². The number of hydrogen-bond acceptors (Lipinski definition) is 6. The molecule has 2 aromatic carbocycles. The third-order valence-electron chi connectivity index (χ3n) is 2.58. The molecule has 6 N–H and O–H groups in total. The average Bonchev–Trinajstić information content (AvgIpc) is 2.27. The van der Waals surface area contributed by atoms with E-state index in [1.165, 1.54) is 18.2 Å². The third kappa shape index (κ3) is 2.15. The Labute approximate surface area is 109 Å². The quantitative estimate of drug-likeness (QED) is 0.610. The average molecular weight is 280 g/mol. The Hall–Kier alpha value is -2.41. The molecule has 0 aliphatic rings. The van der Waals surface area contributed by atoms with Crippen LogP contribution in [0.1, 0.15) is 0 Å². The van der Waals surface area contributed by atoms with Crippen LogP contribution in [0.25, 0.3) is 0 Å². The Bertz CT molecular complexity index is 721. The summed E-state index contributed by atoms with van der Waals surface area (Å²) < 4.78 is 24.8. The van der Waals surface area contributed by atoms with Gasteiger partial charge in [0.15, 0.2) is 0 Å². The van der Waals surface area contributed by atoms with Crippen LogP contribution in [0.2, 0.25) is 0 Å². The molecule has 100 valence electrons. The maximum atomic E-state index is 12.4. The molecule has 0 unspecified atom stereocenters. The summed E-state index contributed by atoms with van der Waals surface area (Å²) >= 11 is 0. The molecule has 2 rings (SSSR count). The van der Waals surface area contributed by atoms with Crippen LogP contribution in [0, 0.1) is 0 Å². The Kier molecular flexibility index (Phi) is 2.99. The normalized spacial score (nSPS) is 11.4. The first kappa shape index (κ1) is 13.0. The number of nitrogen functional groups attached to an aromatic ring is 2. The van der Waals surface area contributed by atoms with Gasteiger partial charge >= 0.3 is 0 Å². The summed E-state index contributed by atoms with van der Waals surface area (Å²) in [5.74, 6) is -0.812. The molecule has 2 aromatic rings. The second-order valence-corrected chi connectivity index (χ2v) is 5.78. The molecule has 0 amide bonds. The van der Waals surface area contributed by atoms with E-state index in [1.54, 1.807) is 0 Å². The number of phenolic OH excluding ortho intramolecular Hbond substituents is 2. The van der Waals surface area contributed by atoms with Gasteiger partial charge in [-0.1, -0.05) is 6.07 Å². The van der Waals surface area contributed by atoms with Crippen LogP contribution in [0.4, 0.5) is 11.4 Å². The Morgan fingerprint density at radius 1 is 0.947 bits per heavy atom. The SMILES string of the molecule is Nc1cccc(N)c1S(=O)(=O)c1ccc(O)cc1O. The lowest BCUT2D eigenvalue weighted by molar-refractivity contribution is 0.439. The smallest absolute Gasteiger partial charge is 0.214 e. The van der Waals surface area contributed by atoms with Gasteiger partial charge < -0.3 is 21.7 Å². The first-order valence-corrected chi connectivity index (χ1v) is 6.73. The van der Waals surface area contributed by atoms with Gasteiger partial charge in [-0.2, -0.15) is 0 Å². The zero-order valence-electron chi connectivity index (χ0n) is 9.74. The molecule has 19 heavy (non-hydrogen) atoms. The van der Waals surface area contributed by atoms with E-state index in [0.29, 0.717) is 0 Å². The molecule has 0 aliphatic carbocycles. The third-order valence-corrected chi connectivity index (χ3v) is 4.51. The first-order valence-electron chi connectivity index (χ1n) is 5.25. The topological polar surface area (TPSA) is 127 Å². The van der Waals surface area contributed by atoms with Gasteiger partial charge in [0.05, 0.1) is 11.4 Å². The van der Waals surface area contributed by atoms with Crippen molar-refractivity contribution in [3.05, 3.63) is 36.4 Å². The molecule has 0 bridgehead atoms. The van der Waals surface area contributed by atoms with Gasteiger partial charge in [-0.05, 0) is 24.3 Å². The summed E-state index contributed by atoms with van der Waals surface area (Å²) in [6.07, 6.45) is 0. The van der Waals surface area contributed by atoms with E-state index in [-0.39, 0.29) is 26.9 Å². The van der Waals surface area contributed by atoms with Crippen molar-refractivity contribution in [2.75, 3.05) is 11.5 Å². The minimum absolute atomic E-state index is 0.00697. The van der Waals surface area contributed by atoms with Gasteiger partial charge in [-0.3, -0.25) is 0 Å². The number of hydrogen-bond donors (Lipinski definition) is 4. The summed E-state index contributed by atoms with van der Waals surface area (Å²) in [6.45, 7) is 0. The molecule has 0 atom stereocenters. The maximum Gasteiger partial charge on any atom is 0.214 e. The summed E-state index contributed by atoms with van der Waals surface area (Å²) in [7, 11) is -4.06. The van der Waals surface area contributed by atoms with E-state index in [1.807, 2.05) is 0 Å². The summed E-state index contributed by atoms with van der Waals surface area (Å²) in [5, 5.41) is 18.8. The molecular formula is C12H12N2O4S. The lowest BCUT2D eigenvalue weighted by atomic mass is 10.3. The van der Waals surface area contributed by atoms with E-state index in [9.17, 15) is 18.6 Å². The van der Waals surface area contributed by atoms with Crippen LogP contribution < -0.4 is 11.5 Å². The largest absolute Gasteiger partial charge is 0.508 e. The summed E-state index contributed by atoms with van der Waals surface area (Å²) in [6, 6.07) is 7.51. The molecule has 0 radical (unpaired) electrons. The minimum Gasteiger partial charge on any atom is -0.508 e. The Balaban J connectivity index is 2.73. The number of sulfone groups is 1. The van der Waals surface area contributed by atoms with E-state index in [4.69, 9.17) is 11.5 Å². The Morgan fingerprint density at radius 2 is 1.53 bits per heavy atom. The zero-order valence-corrected chi connectivity index (χ0v) is 10.6. The summed E-state index contributed by atoms with van der Waals surface area (Å²) in [4.78, 5) is -0.620. The number of phenols is 2. The highest BCUT2D eigenvalue weighted by atomic mass is 32.2. The van der Waals surface area contributed by atoms with E-state index in [2.05, 4.69) is 0 Å². The van der Waals surface area contributed by atoms with Crippen molar-refractivity contribution in [2.24, 2.45) is 0 Å². The van der Waals surface area contributed by atoms with E-state index >= 15 is 0 Å². The highest BCUT2D eigenvalue weighted by Gasteiger charge is 2.26. The van der Waals surface area contributed by atoms with Crippen molar-refractivity contribution < 1.29 is 18.6 Å². The molecular weight excluding hydrogens is 268 g/mol. The molecule has 0 saturated heterocycles. The number of benzene rings is 2. The molecule has 0 spiro atoms. The second kappa shape index (κ2) is 4.36. The van der Waals surface area contributed by atoms with Gasteiger partial charge in [-0.25, -0.2) is 8.42 Å². The number of anilines is 2. The standard InChI is InChI=1S/C12H12N2O4S/c13-8-2-1-3-9(14)12(8)19(17,18)11-5-4-7(15)6-10(11)16/h1-6,15-16H,13-14H2. The molecule has 0 fully saturated rings. The number of aromatic hydroxyl groups is 2. The van der Waals surface area contributed by atoms with Crippen LogP contribution in [0.15, 0.2) is 46.2 Å². The van der Waals surface area contributed by atoms with E-state index < -0.39 is 15.6 Å². The van der Waals surface area contributed by atoms with Gasteiger partial charge in [0.25, 0.3) is 0 Å². The van der Waals surface area contributed by atoms with Gasteiger partial charge in [0.2, 0.25) is 9.84 Å². The van der Waals surface area contributed by atoms with Crippen LogP contribution in [-0.4, -0.2) is 18.6 Å². The molecule has 0 saturated carbocycles. The van der Waals surface area contributed by atoms with Crippen molar-refractivity contribution in [1.82, 2.24) is 0 Å². The van der Waals surface area contributed by atoms with Crippen LogP contribution in [-0.2, 0) is 9.84 Å². The lowest BCUT2D eigenvalue weighted by Crippen LogP contribution is -2.09. The fourth-order valence-electron chi connectivity index (χ4n) is 1.73. The van der Waals surface area contributed by atoms with Crippen LogP contribution >= 0.6 is 0 Å². The zero-order chi connectivity index (χ0) is 14.2. The number of rotatable bonds is 2. The Morgan fingerprint density at radius 3 is 2.05 bits per heavy atom. The van der Waals surface area contributed by atoms with Crippen molar-refractivity contribution >= 4 is 21.2 Å². The fourth-order valence-corrected chi connectivity index (χ4v) is 3.28. The number of nitrogens with two attached hydrogens (primary N) is 2. The molecule has 0 heterocycles. The molecule has 6 nitrogen and oxygen atoms in total. The van der Waals surface area contributed by atoms with Crippen molar-refractivity contribution in [2.45, 2.75) is 9.79 Å². The predicted octanol–water partition coefficient (Wildman–Crippen LogP) is 1.09. The predicted molar refractivity (Wildman–Crippen MR) is 70.5 cm³/mol. The highest BCUT2D eigenvalue weighted by molar-refractivity contribution is 7.92. The first-order chi connectivity index (χ1) is 8.84. The van der Waals surface area contributed by atoms with Crippen molar-refractivity contribution in [3.8, 4) is 11.5 Å². The van der Waals surface area contributed by atoms with Crippen LogP contribution in [0.5, 0.6) is 11.5 Å². The lowest BCUT2D eigenvalue weighted by Gasteiger charge is -2.11. The molecule has 0 aliphatic heterocycles.